The lowest BCUT2D eigenvalue weighted by atomic mass is 10.0. The first-order valence-electron chi connectivity index (χ1n) is 40.6. The van der Waals surface area contributed by atoms with Gasteiger partial charge in [0.15, 0.2) is 6.10 Å². The van der Waals surface area contributed by atoms with Gasteiger partial charge < -0.3 is 20.1 Å². The van der Waals surface area contributed by atoms with Gasteiger partial charge in [-0.2, -0.15) is 0 Å². The molecule has 0 spiro atoms. The summed E-state index contributed by atoms with van der Waals surface area (Å²) in [6.07, 6.45) is 128. The van der Waals surface area contributed by atoms with Crippen LogP contribution in [0.3, 0.4) is 0 Å². The van der Waals surface area contributed by atoms with Gasteiger partial charge in [-0.15, -0.1) is 0 Å². The number of rotatable bonds is 74. The van der Waals surface area contributed by atoms with E-state index in [0.29, 0.717) is 6.42 Å². The molecule has 0 aromatic carbocycles. The van der Waals surface area contributed by atoms with E-state index in [4.69, 9.17) is 24.3 Å². The van der Waals surface area contributed by atoms with Crippen molar-refractivity contribution >= 4 is 19.8 Å². The third-order valence-electron chi connectivity index (χ3n) is 16.7. The average molecular weight is 1420 g/mol. The maximum Gasteiger partial charge on any atom is 0.472 e. The molecule has 3 N–H and O–H groups in total. The Bertz CT molecular complexity index is 2420. The lowest BCUT2D eigenvalue weighted by molar-refractivity contribution is -0.161. The Morgan fingerprint density at radius 2 is 0.515 bits per heavy atom. The van der Waals surface area contributed by atoms with Gasteiger partial charge in [0.1, 0.15) is 6.61 Å². The van der Waals surface area contributed by atoms with Crippen LogP contribution in [0.15, 0.2) is 207 Å². The van der Waals surface area contributed by atoms with Gasteiger partial charge >= 0.3 is 19.8 Å². The van der Waals surface area contributed by atoms with Crippen molar-refractivity contribution in [2.24, 2.45) is 5.73 Å². The van der Waals surface area contributed by atoms with Crippen molar-refractivity contribution in [2.45, 2.75) is 328 Å². The summed E-state index contributed by atoms with van der Waals surface area (Å²) >= 11 is 0. The van der Waals surface area contributed by atoms with Crippen molar-refractivity contribution in [2.75, 3.05) is 26.4 Å². The number of unbranched alkanes of at least 4 members (excludes halogenated alkanes) is 27. The summed E-state index contributed by atoms with van der Waals surface area (Å²) in [6.45, 7) is 3.51. The molecule has 2 unspecified atom stereocenters. The largest absolute Gasteiger partial charge is 0.472 e. The minimum absolute atomic E-state index is 0.0440. The Morgan fingerprint density at radius 3 is 0.762 bits per heavy atom. The summed E-state index contributed by atoms with van der Waals surface area (Å²) in [7, 11) is -4.41. The van der Waals surface area contributed by atoms with Crippen molar-refractivity contribution < 1.29 is 37.6 Å². The minimum Gasteiger partial charge on any atom is -0.462 e. The number of carbonyl (C=O) groups excluding carboxylic acids is 2. The highest BCUT2D eigenvalue weighted by molar-refractivity contribution is 7.47. The molecule has 0 aromatic rings. The quantitative estimate of drug-likeness (QED) is 0.0264. The highest BCUT2D eigenvalue weighted by Crippen LogP contribution is 2.43. The van der Waals surface area contributed by atoms with Crippen molar-refractivity contribution in [1.82, 2.24) is 0 Å². The average Bonchev–Trinajstić information content (AvgIpc) is 1.01. The third kappa shape index (κ3) is 83.4. The molecule has 9 nitrogen and oxygen atoms in total. The number of phosphoric ester groups is 1. The van der Waals surface area contributed by atoms with Crippen molar-refractivity contribution in [3.05, 3.63) is 207 Å². The number of carbonyl (C=O) groups is 2. The van der Waals surface area contributed by atoms with Gasteiger partial charge in [-0.05, 0) is 148 Å². The van der Waals surface area contributed by atoms with Crippen LogP contribution >= 0.6 is 7.82 Å². The van der Waals surface area contributed by atoms with Crippen LogP contribution in [-0.2, 0) is 32.7 Å². The normalized spacial score (nSPS) is 14.0. The Morgan fingerprint density at radius 1 is 0.297 bits per heavy atom. The van der Waals surface area contributed by atoms with E-state index in [-0.39, 0.29) is 38.6 Å². The van der Waals surface area contributed by atoms with Crippen LogP contribution in [0.1, 0.15) is 322 Å². The van der Waals surface area contributed by atoms with E-state index in [1.54, 1.807) is 0 Å². The van der Waals surface area contributed by atoms with E-state index in [9.17, 15) is 19.0 Å². The number of hydrogen-bond donors (Lipinski definition) is 2. The second-order valence-corrected chi connectivity index (χ2v) is 27.6. The molecule has 570 valence electrons. The highest BCUT2D eigenvalue weighted by Gasteiger charge is 2.26. The summed E-state index contributed by atoms with van der Waals surface area (Å²) in [5.41, 5.74) is 5.41. The maximum absolute atomic E-state index is 12.8. The van der Waals surface area contributed by atoms with Crippen LogP contribution in [0, 0.1) is 0 Å². The first kappa shape index (κ1) is 95.6. The van der Waals surface area contributed by atoms with Crippen LogP contribution in [0.4, 0.5) is 0 Å². The van der Waals surface area contributed by atoms with Crippen molar-refractivity contribution in [3.63, 3.8) is 0 Å². The van der Waals surface area contributed by atoms with Gasteiger partial charge in [0, 0.05) is 19.4 Å². The molecule has 0 aliphatic rings. The lowest BCUT2D eigenvalue weighted by Crippen LogP contribution is -2.29. The number of hydrogen-bond acceptors (Lipinski definition) is 8. The predicted molar refractivity (Wildman–Crippen MR) is 440 cm³/mol. The molecule has 101 heavy (non-hydrogen) atoms. The molecule has 0 saturated carbocycles. The predicted octanol–water partition coefficient (Wildman–Crippen LogP) is 27.8. The molecule has 0 aromatic heterocycles. The zero-order valence-corrected chi connectivity index (χ0v) is 65.2. The Hall–Kier alpha value is -5.41. The Labute approximate surface area is 620 Å². The monoisotopic (exact) mass is 1410 g/mol. The molecule has 2 atom stereocenters. The second kappa shape index (κ2) is 83.5. The fourth-order valence-corrected chi connectivity index (χ4v) is 11.5. The minimum atomic E-state index is -4.41. The zero-order chi connectivity index (χ0) is 72.9. The SMILES string of the molecule is CC/C=C\C/C=C\C/C=C\C/C=C\C/C=C\C/C=C\C/C=C\C/C=C\C/C=C\C/C=C\CCCCCCCCCCC(=O)OC(COC(=O)CCCCCCCCCCCCCCCCCCCCC/C=C\C/C=C\C/C=C\C/C=C\C/C=C\C/C=C\C/C=C\CC)COP(=O)(O)OCCN. The first-order chi connectivity index (χ1) is 49.8. The Kier molecular flexibility index (Phi) is 79.1. The van der Waals surface area contributed by atoms with Gasteiger partial charge in [0.25, 0.3) is 0 Å². The molecule has 0 rings (SSSR count). The molecule has 0 radical (unpaired) electrons. The van der Waals surface area contributed by atoms with Crippen molar-refractivity contribution in [3.8, 4) is 0 Å². The van der Waals surface area contributed by atoms with E-state index < -0.39 is 26.5 Å². The molecule has 10 heteroatoms. The number of nitrogens with two attached hydrogens (primary N) is 1. The Balaban J connectivity index is 3.90. The third-order valence-corrected chi connectivity index (χ3v) is 17.6. The van der Waals surface area contributed by atoms with E-state index in [2.05, 4.69) is 220 Å². The van der Waals surface area contributed by atoms with Gasteiger partial charge in [-0.3, -0.25) is 18.6 Å². The lowest BCUT2D eigenvalue weighted by Gasteiger charge is -2.19. The summed E-state index contributed by atoms with van der Waals surface area (Å²) < 4.78 is 33.3. The van der Waals surface area contributed by atoms with Gasteiger partial charge in [0.05, 0.1) is 13.2 Å². The van der Waals surface area contributed by atoms with Crippen LogP contribution < -0.4 is 5.73 Å². The number of esters is 2. The van der Waals surface area contributed by atoms with E-state index in [1.807, 2.05) is 0 Å². The van der Waals surface area contributed by atoms with E-state index in [1.165, 1.54) is 135 Å². The van der Waals surface area contributed by atoms with Crippen LogP contribution in [0.2, 0.25) is 0 Å². The number of ether oxygens (including phenoxy) is 2. The molecular formula is C91H148NO8P. The molecule has 0 fully saturated rings. The molecular weight excluding hydrogens is 1270 g/mol. The summed E-state index contributed by atoms with van der Waals surface area (Å²) in [5, 5.41) is 0. The van der Waals surface area contributed by atoms with Gasteiger partial charge in [0.2, 0.25) is 0 Å². The first-order valence-corrected chi connectivity index (χ1v) is 42.1. The van der Waals surface area contributed by atoms with Gasteiger partial charge in [-0.1, -0.05) is 368 Å². The van der Waals surface area contributed by atoms with Crippen LogP contribution in [0.25, 0.3) is 0 Å². The molecule has 0 saturated heterocycles. The molecule has 0 aliphatic carbocycles. The van der Waals surface area contributed by atoms with Gasteiger partial charge in [-0.25, -0.2) is 4.57 Å². The summed E-state index contributed by atoms with van der Waals surface area (Å²) in [5.74, 6) is -0.840. The molecule has 0 bridgehead atoms. The maximum atomic E-state index is 12.8. The fraction of sp³-hybridized carbons (Fsp3) is 0.604. The number of allylic oxidation sites excluding steroid dienone is 34. The van der Waals surface area contributed by atoms with Crippen molar-refractivity contribution in [1.29, 1.82) is 0 Å². The molecule has 0 amide bonds. The highest BCUT2D eigenvalue weighted by atomic mass is 31.2. The molecule has 0 heterocycles. The van der Waals surface area contributed by atoms with E-state index >= 15 is 0 Å². The fourth-order valence-electron chi connectivity index (χ4n) is 10.8. The standard InChI is InChI=1S/C91H148NO8P/c1-3-5-7-9-11-13-15-17-19-21-23-25-27-29-31-33-35-37-39-41-43-44-46-47-49-51-53-55-57-59-61-63-65-67-69-71-73-75-77-79-81-83-90(93)97-87-89(88-99-101(95,96)98-86-85-92)100-91(94)84-82-80-78-76-74-72-70-68-66-64-62-60-58-56-54-52-50-48-45-42-40-38-36-34-32-30-28-26-24-22-20-18-16-14-12-10-8-6-4-2/h5-8,11-14,17-20,23-26,29-32,35-38,41-43,45,50,52,56,58,62,64,89H,3-4,9-10,15-16,21-22,27-28,33-34,39-40,44,46-49,51,53-55,57,59-61,63,65-88,92H2,1-2H3,(H,95,96)/b7-5-,8-6-,13-11-,14-12-,19-17-,20-18-,25-23-,26-24-,31-29-,32-30-,37-35-,38-36-,43-41-,45-42-,52-50-,58-56-,64-62-. The number of phosphoric acid groups is 1. The smallest absolute Gasteiger partial charge is 0.462 e. The van der Waals surface area contributed by atoms with E-state index in [0.717, 1.165) is 154 Å². The second-order valence-electron chi connectivity index (χ2n) is 26.2. The summed E-state index contributed by atoms with van der Waals surface area (Å²) in [4.78, 5) is 35.5. The molecule has 0 aliphatic heterocycles. The topological polar surface area (TPSA) is 134 Å². The zero-order valence-electron chi connectivity index (χ0n) is 64.3. The van der Waals surface area contributed by atoms with Crippen LogP contribution in [0.5, 0.6) is 0 Å². The van der Waals surface area contributed by atoms with Crippen LogP contribution in [-0.4, -0.2) is 49.3 Å². The summed E-state index contributed by atoms with van der Waals surface area (Å²) in [6, 6.07) is 0.